The largest absolute Gasteiger partial charge is 0.416 e. The molecule has 1 aliphatic heterocycles. The van der Waals surface area contributed by atoms with Crippen molar-refractivity contribution in [2.24, 2.45) is 10.1 Å². The van der Waals surface area contributed by atoms with E-state index in [1.54, 1.807) is 0 Å². The van der Waals surface area contributed by atoms with Crippen molar-refractivity contribution >= 4 is 21.7 Å². The Morgan fingerprint density at radius 3 is 2.53 bits per heavy atom. The summed E-state index contributed by atoms with van der Waals surface area (Å²) in [5.41, 5.74) is 4.26. The highest BCUT2D eigenvalue weighted by atomic mass is 32.2. The minimum Gasteiger partial charge on any atom is -0.382 e. The molecular formula is C8H6F3N3O2S. The van der Waals surface area contributed by atoms with Gasteiger partial charge in [0.05, 0.1) is 11.3 Å². The van der Waals surface area contributed by atoms with Crippen LogP contribution in [0.4, 0.5) is 18.9 Å². The van der Waals surface area contributed by atoms with Crippen LogP contribution in [0.25, 0.3) is 0 Å². The third-order valence-electron chi connectivity index (χ3n) is 2.08. The van der Waals surface area contributed by atoms with Gasteiger partial charge in [-0.3, -0.25) is 4.72 Å². The van der Waals surface area contributed by atoms with Crippen molar-refractivity contribution in [3.8, 4) is 0 Å². The lowest BCUT2D eigenvalue weighted by molar-refractivity contribution is -0.137. The van der Waals surface area contributed by atoms with Crippen LogP contribution >= 0.6 is 0 Å². The van der Waals surface area contributed by atoms with Crippen LogP contribution < -0.4 is 10.5 Å². The Balaban J connectivity index is 2.60. The molecule has 0 saturated carbocycles. The number of hydrogen-bond acceptors (Lipinski definition) is 3. The number of amidine groups is 1. The average Bonchev–Trinajstić information content (AvgIpc) is 2.13. The van der Waals surface area contributed by atoms with Gasteiger partial charge in [-0.15, -0.1) is 4.40 Å². The van der Waals surface area contributed by atoms with Gasteiger partial charge < -0.3 is 5.73 Å². The number of hydrogen-bond donors (Lipinski definition) is 2. The molecule has 1 aliphatic rings. The Labute approximate surface area is 94.3 Å². The van der Waals surface area contributed by atoms with Gasteiger partial charge in [0.1, 0.15) is 5.84 Å². The van der Waals surface area contributed by atoms with E-state index < -0.39 is 21.9 Å². The van der Waals surface area contributed by atoms with Crippen LogP contribution in [0, 0.1) is 0 Å². The smallest absolute Gasteiger partial charge is 0.382 e. The number of fused-ring (bicyclic) bond motifs is 1. The fraction of sp³-hybridized carbons (Fsp3) is 0.125. The highest BCUT2D eigenvalue weighted by molar-refractivity contribution is 7.91. The average molecular weight is 265 g/mol. The summed E-state index contributed by atoms with van der Waals surface area (Å²) in [4.78, 5) is 0. The number of rotatable bonds is 0. The van der Waals surface area contributed by atoms with E-state index in [1.165, 1.54) is 0 Å². The normalized spacial score (nSPS) is 17.9. The number of benzene rings is 1. The summed E-state index contributed by atoms with van der Waals surface area (Å²) < 4.78 is 64.5. The first kappa shape index (κ1) is 11.7. The zero-order valence-electron chi connectivity index (χ0n) is 8.12. The first-order valence-corrected chi connectivity index (χ1v) is 5.73. The summed E-state index contributed by atoms with van der Waals surface area (Å²) in [6.45, 7) is 0. The van der Waals surface area contributed by atoms with Crippen molar-refractivity contribution in [2.45, 2.75) is 6.18 Å². The molecule has 0 aliphatic carbocycles. The van der Waals surface area contributed by atoms with E-state index in [0.29, 0.717) is 6.07 Å². The molecule has 0 fully saturated rings. The third kappa shape index (κ3) is 2.18. The molecule has 0 saturated heterocycles. The van der Waals surface area contributed by atoms with Gasteiger partial charge in [-0.2, -0.15) is 21.6 Å². The lowest BCUT2D eigenvalue weighted by Crippen LogP contribution is -2.26. The minimum absolute atomic E-state index is 0.118. The predicted molar refractivity (Wildman–Crippen MR) is 54.7 cm³/mol. The van der Waals surface area contributed by atoms with Gasteiger partial charge in [-0.25, -0.2) is 0 Å². The van der Waals surface area contributed by atoms with Crippen molar-refractivity contribution in [2.75, 3.05) is 4.72 Å². The number of anilines is 1. The molecule has 0 radical (unpaired) electrons. The minimum atomic E-state index is -4.55. The first-order chi connectivity index (χ1) is 7.69. The predicted octanol–water partition coefficient (Wildman–Crippen LogP) is 1.08. The van der Waals surface area contributed by atoms with Crippen LogP contribution in [-0.2, 0) is 16.4 Å². The van der Waals surface area contributed by atoms with Crippen molar-refractivity contribution in [3.63, 3.8) is 0 Å². The SMILES string of the molecule is NC1=NS(=O)(=O)Nc2cc(C(F)(F)F)ccc21. The van der Waals surface area contributed by atoms with Crippen LogP contribution in [0.5, 0.6) is 0 Å². The number of nitrogens with one attached hydrogen (secondary N) is 1. The molecule has 2 rings (SSSR count). The van der Waals surface area contributed by atoms with E-state index in [2.05, 4.69) is 4.40 Å². The van der Waals surface area contributed by atoms with Gasteiger partial charge in [0.15, 0.2) is 0 Å². The lowest BCUT2D eigenvalue weighted by atomic mass is 10.1. The van der Waals surface area contributed by atoms with Crippen molar-refractivity contribution in [1.82, 2.24) is 0 Å². The van der Waals surface area contributed by atoms with E-state index in [4.69, 9.17) is 5.73 Å². The molecule has 3 N–H and O–H groups in total. The number of halogens is 3. The summed E-state index contributed by atoms with van der Waals surface area (Å²) in [5.74, 6) is -0.340. The molecule has 1 aromatic rings. The maximum atomic E-state index is 12.4. The zero-order chi connectivity index (χ0) is 12.8. The second-order valence-corrected chi connectivity index (χ2v) is 4.65. The molecule has 1 aromatic carbocycles. The number of nitrogens with two attached hydrogens (primary N) is 1. The summed E-state index contributed by atoms with van der Waals surface area (Å²) in [6.07, 6.45) is -4.55. The number of nitrogens with zero attached hydrogens (tertiary/aromatic N) is 1. The van der Waals surface area contributed by atoms with E-state index >= 15 is 0 Å². The van der Waals surface area contributed by atoms with E-state index in [0.717, 1.165) is 12.1 Å². The highest BCUT2D eigenvalue weighted by Crippen LogP contribution is 2.33. The van der Waals surface area contributed by atoms with E-state index in [9.17, 15) is 21.6 Å². The molecule has 5 nitrogen and oxygen atoms in total. The van der Waals surface area contributed by atoms with Crippen LogP contribution in [0.3, 0.4) is 0 Å². The maximum absolute atomic E-state index is 12.4. The summed E-state index contributed by atoms with van der Waals surface area (Å²) in [6, 6.07) is 2.55. The monoisotopic (exact) mass is 265 g/mol. The lowest BCUT2D eigenvalue weighted by Gasteiger charge is -2.17. The van der Waals surface area contributed by atoms with Gasteiger partial charge >= 0.3 is 16.4 Å². The Bertz CT molecular complexity index is 607. The number of alkyl halides is 3. The summed E-state index contributed by atoms with van der Waals surface area (Å²) in [5, 5.41) is 0. The Morgan fingerprint density at radius 1 is 1.29 bits per heavy atom. The molecule has 9 heteroatoms. The van der Waals surface area contributed by atoms with Crippen LogP contribution in [-0.4, -0.2) is 14.3 Å². The second kappa shape index (κ2) is 3.36. The summed E-state index contributed by atoms with van der Waals surface area (Å²) >= 11 is 0. The van der Waals surface area contributed by atoms with Crippen LogP contribution in [0.15, 0.2) is 22.6 Å². The van der Waals surface area contributed by atoms with Crippen molar-refractivity contribution in [3.05, 3.63) is 29.3 Å². The van der Waals surface area contributed by atoms with E-state index in [-0.39, 0.29) is 17.1 Å². The molecule has 0 unspecified atom stereocenters. The van der Waals surface area contributed by atoms with Gasteiger partial charge in [0.25, 0.3) is 0 Å². The Kier molecular flexibility index (Phi) is 2.31. The molecular weight excluding hydrogens is 259 g/mol. The highest BCUT2D eigenvalue weighted by Gasteiger charge is 2.32. The zero-order valence-corrected chi connectivity index (χ0v) is 8.93. The summed E-state index contributed by atoms with van der Waals surface area (Å²) in [7, 11) is -4.06. The second-order valence-electron chi connectivity index (χ2n) is 3.31. The standard InChI is InChI=1S/C8H6F3N3O2S/c9-8(10,11)4-1-2-5-6(3-4)13-17(15,16)14-7(5)12/h1-3,13H,(H2,12,14). The van der Waals surface area contributed by atoms with Gasteiger partial charge in [0, 0.05) is 5.56 Å². The fourth-order valence-electron chi connectivity index (χ4n) is 1.37. The Hall–Kier alpha value is -1.77. The quantitative estimate of drug-likeness (QED) is 0.736. The molecule has 0 spiro atoms. The molecule has 92 valence electrons. The van der Waals surface area contributed by atoms with Crippen molar-refractivity contribution in [1.29, 1.82) is 0 Å². The first-order valence-electron chi connectivity index (χ1n) is 4.29. The van der Waals surface area contributed by atoms with Crippen molar-refractivity contribution < 1.29 is 21.6 Å². The molecule has 1 heterocycles. The van der Waals surface area contributed by atoms with Crippen LogP contribution in [0.2, 0.25) is 0 Å². The van der Waals surface area contributed by atoms with E-state index in [1.807, 2.05) is 4.72 Å². The third-order valence-corrected chi connectivity index (χ3v) is 3.00. The molecule has 0 atom stereocenters. The molecule has 0 aromatic heterocycles. The van der Waals surface area contributed by atoms with Gasteiger partial charge in [-0.05, 0) is 18.2 Å². The van der Waals surface area contributed by atoms with Gasteiger partial charge in [0.2, 0.25) is 0 Å². The topological polar surface area (TPSA) is 84.5 Å². The molecule has 0 amide bonds. The fourth-order valence-corrected chi connectivity index (χ4v) is 2.22. The molecule has 0 bridgehead atoms. The van der Waals surface area contributed by atoms with Gasteiger partial charge in [-0.1, -0.05) is 0 Å². The molecule has 17 heavy (non-hydrogen) atoms. The Morgan fingerprint density at radius 2 is 1.94 bits per heavy atom. The van der Waals surface area contributed by atoms with Crippen LogP contribution in [0.1, 0.15) is 11.1 Å². The maximum Gasteiger partial charge on any atom is 0.416 e.